The van der Waals surface area contributed by atoms with E-state index < -0.39 is 0 Å². The molecule has 2 rings (SSSR count). The van der Waals surface area contributed by atoms with Crippen LogP contribution < -0.4 is 0 Å². The van der Waals surface area contributed by atoms with Crippen LogP contribution in [0.3, 0.4) is 0 Å². The van der Waals surface area contributed by atoms with Crippen molar-refractivity contribution in [2.45, 2.75) is 0 Å². The molecule has 0 spiro atoms. The van der Waals surface area contributed by atoms with Gasteiger partial charge in [-0.3, -0.25) is 0 Å². The molecule has 72 valence electrons. The van der Waals surface area contributed by atoms with Gasteiger partial charge in [0.15, 0.2) is 0 Å². The van der Waals surface area contributed by atoms with Crippen LogP contribution in [0.2, 0.25) is 10.0 Å². The van der Waals surface area contributed by atoms with Gasteiger partial charge in [-0.2, -0.15) is 60.7 Å². The zero-order valence-electron chi connectivity index (χ0n) is 8.08. The van der Waals surface area contributed by atoms with Crippen molar-refractivity contribution in [3.63, 3.8) is 0 Å². The van der Waals surface area contributed by atoms with Crippen LogP contribution in [0, 0.1) is 12.1 Å². The predicted molar refractivity (Wildman–Crippen MR) is 60.6 cm³/mol. The van der Waals surface area contributed by atoms with E-state index in [-0.39, 0.29) is 19.5 Å². The number of benzene rings is 2. The molecule has 0 amide bonds. The fourth-order valence-electron chi connectivity index (χ4n) is 0.733. The van der Waals surface area contributed by atoms with Gasteiger partial charge in [0, 0.05) is 0 Å². The van der Waals surface area contributed by atoms with Gasteiger partial charge in [-0.15, -0.1) is 23.2 Å². The predicted octanol–water partition coefficient (Wildman–Crippen LogP) is 4.28. The van der Waals surface area contributed by atoms with Crippen LogP contribution in [0.4, 0.5) is 0 Å². The Morgan fingerprint density at radius 3 is 1.07 bits per heavy atom. The Morgan fingerprint density at radius 2 is 0.933 bits per heavy atom. The maximum absolute atomic E-state index is 5.52. The summed E-state index contributed by atoms with van der Waals surface area (Å²) in [7, 11) is 0. The first-order chi connectivity index (χ1) is 6.79. The zero-order valence-corrected chi connectivity index (χ0v) is 12.6. The molecule has 3 heteroatoms. The van der Waals surface area contributed by atoms with Crippen molar-refractivity contribution in [1.29, 1.82) is 0 Å². The minimum Gasteiger partial charge on any atom is -0.184 e. The van der Waals surface area contributed by atoms with E-state index in [2.05, 4.69) is 12.1 Å². The maximum Gasteiger partial charge on any atom is 2.00 e. The molecule has 0 saturated carbocycles. The van der Waals surface area contributed by atoms with E-state index in [1.165, 1.54) is 0 Å². The molecule has 2 aromatic carbocycles. The molecule has 0 aliphatic carbocycles. The van der Waals surface area contributed by atoms with Crippen molar-refractivity contribution in [1.82, 2.24) is 0 Å². The van der Waals surface area contributed by atoms with Crippen molar-refractivity contribution in [2.24, 2.45) is 0 Å². The molecular weight excluding hydrogens is 280 g/mol. The van der Waals surface area contributed by atoms with E-state index in [1.54, 1.807) is 48.5 Å². The second kappa shape index (κ2) is 8.91. The summed E-state index contributed by atoms with van der Waals surface area (Å²) in [5.41, 5.74) is 0. The summed E-state index contributed by atoms with van der Waals surface area (Å²) < 4.78 is 0. The van der Waals surface area contributed by atoms with E-state index in [4.69, 9.17) is 23.2 Å². The Hall–Kier alpha value is -0.357. The van der Waals surface area contributed by atoms with E-state index >= 15 is 0 Å². The van der Waals surface area contributed by atoms with Gasteiger partial charge in [-0.05, 0) is 0 Å². The Labute approximate surface area is 113 Å². The van der Waals surface area contributed by atoms with Crippen LogP contribution in [-0.2, 0) is 19.5 Å². The van der Waals surface area contributed by atoms with Gasteiger partial charge >= 0.3 is 19.5 Å². The molecule has 0 aliphatic heterocycles. The summed E-state index contributed by atoms with van der Waals surface area (Å²) in [5.74, 6) is 0. The number of hydrogen-bond acceptors (Lipinski definition) is 0. The third-order valence-corrected chi connectivity index (χ3v) is 1.86. The third-order valence-electron chi connectivity index (χ3n) is 1.36. The van der Waals surface area contributed by atoms with Crippen LogP contribution in [0.1, 0.15) is 0 Å². The van der Waals surface area contributed by atoms with Gasteiger partial charge < -0.3 is 0 Å². The molecule has 0 heterocycles. The fraction of sp³-hybridized carbons (Fsp3) is 0. The van der Waals surface area contributed by atoms with Crippen LogP contribution in [0.15, 0.2) is 48.5 Å². The molecule has 0 saturated heterocycles. The second-order valence-electron chi connectivity index (χ2n) is 2.44. The molecule has 0 N–H and O–H groups in total. The molecule has 0 unspecified atom stereocenters. The summed E-state index contributed by atoms with van der Waals surface area (Å²) >= 11 is 11.0. The van der Waals surface area contributed by atoms with Gasteiger partial charge in [0.05, 0.1) is 0 Å². The van der Waals surface area contributed by atoms with E-state index in [1.807, 2.05) is 0 Å². The minimum atomic E-state index is 0. The zero-order chi connectivity index (χ0) is 10.2. The van der Waals surface area contributed by atoms with E-state index in [9.17, 15) is 0 Å². The third kappa shape index (κ3) is 7.56. The largest absolute Gasteiger partial charge is 2.00 e. The second-order valence-corrected chi connectivity index (χ2v) is 3.31. The summed E-state index contributed by atoms with van der Waals surface area (Å²) in [6.45, 7) is 0. The van der Waals surface area contributed by atoms with E-state index in [0.29, 0.717) is 0 Å². The summed E-state index contributed by atoms with van der Waals surface area (Å²) in [5, 5.41) is 1.53. The van der Waals surface area contributed by atoms with Gasteiger partial charge in [-0.1, -0.05) is 10.0 Å². The Morgan fingerprint density at radius 1 is 0.667 bits per heavy atom. The average molecular weight is 288 g/mol. The normalized spacial score (nSPS) is 8.13. The fourth-order valence-corrected chi connectivity index (χ4v) is 0.985. The molecule has 2 aromatic rings. The molecule has 0 atom stereocenters. The van der Waals surface area contributed by atoms with Crippen LogP contribution in [0.25, 0.3) is 0 Å². The first-order valence-electron chi connectivity index (χ1n) is 4.02. The summed E-state index contributed by atoms with van der Waals surface area (Å²) in [6, 6.07) is 20.0. The van der Waals surface area contributed by atoms with E-state index in [0.717, 1.165) is 10.0 Å². The van der Waals surface area contributed by atoms with Gasteiger partial charge in [0.25, 0.3) is 0 Å². The Bertz CT molecular complexity index is 311. The minimum absolute atomic E-state index is 0. The van der Waals surface area contributed by atoms with Crippen LogP contribution in [0.5, 0.6) is 0 Å². The van der Waals surface area contributed by atoms with Crippen molar-refractivity contribution in [3.8, 4) is 0 Å². The van der Waals surface area contributed by atoms with Gasteiger partial charge in [-0.25, -0.2) is 0 Å². The molecule has 0 fully saturated rings. The Kier molecular flexibility index (Phi) is 8.70. The summed E-state index contributed by atoms with van der Waals surface area (Å²) in [4.78, 5) is 0. The quantitative estimate of drug-likeness (QED) is 0.501. The Balaban J connectivity index is 0.000000245. The van der Waals surface area contributed by atoms with Crippen molar-refractivity contribution in [2.75, 3.05) is 0 Å². The monoisotopic (exact) mass is 286 g/mol. The van der Waals surface area contributed by atoms with Crippen LogP contribution >= 0.6 is 23.2 Å². The van der Waals surface area contributed by atoms with Crippen molar-refractivity contribution < 1.29 is 19.5 Å². The number of hydrogen-bond donors (Lipinski definition) is 0. The number of rotatable bonds is 0. The molecule has 0 bridgehead atoms. The number of halogens is 2. The van der Waals surface area contributed by atoms with Crippen LogP contribution in [-0.4, -0.2) is 0 Å². The molecule has 0 radical (unpaired) electrons. The molecule has 15 heavy (non-hydrogen) atoms. The standard InChI is InChI=1S/2C6H4Cl.Zn/c2*7-6-4-2-1-3-5-6;/h2*2-5H;/q2*-1;+2. The molecule has 0 nitrogen and oxygen atoms in total. The first-order valence-corrected chi connectivity index (χ1v) is 4.78. The molecule has 0 aliphatic rings. The molecular formula is C12H8Cl2Zn. The maximum atomic E-state index is 5.52. The summed E-state index contributed by atoms with van der Waals surface area (Å²) in [6.07, 6.45) is 0. The smallest absolute Gasteiger partial charge is 0.184 e. The SMILES string of the molecule is Clc1cc[c-]cc1.Clc1cc[c-]cc1.[Zn+2]. The average Bonchev–Trinajstić information content (AvgIpc) is 2.21. The van der Waals surface area contributed by atoms with Crippen molar-refractivity contribution >= 4 is 23.2 Å². The topological polar surface area (TPSA) is 0 Å². The first kappa shape index (κ1) is 14.6. The molecule has 0 aromatic heterocycles. The van der Waals surface area contributed by atoms with Gasteiger partial charge in [0.2, 0.25) is 0 Å². The van der Waals surface area contributed by atoms with Crippen molar-refractivity contribution in [3.05, 3.63) is 70.7 Å². The van der Waals surface area contributed by atoms with Gasteiger partial charge in [0.1, 0.15) is 0 Å².